The highest BCUT2D eigenvalue weighted by Crippen LogP contribution is 2.78. The molecule has 3 fully saturated rings. The van der Waals surface area contributed by atoms with E-state index in [-0.39, 0.29) is 30.1 Å². The van der Waals surface area contributed by atoms with Crippen molar-refractivity contribution >= 4 is 23.6 Å². The second-order valence-corrected chi connectivity index (χ2v) is 10.8. The zero-order valence-corrected chi connectivity index (χ0v) is 18.5. The number of primary amides is 2. The molecular weight excluding hydrogens is 386 g/mol. The quantitative estimate of drug-likeness (QED) is 0.446. The van der Waals surface area contributed by atoms with E-state index in [9.17, 15) is 19.2 Å². The summed E-state index contributed by atoms with van der Waals surface area (Å²) < 4.78 is 0. The number of rotatable bonds is 6. The van der Waals surface area contributed by atoms with Crippen molar-refractivity contribution in [3.63, 3.8) is 0 Å². The van der Waals surface area contributed by atoms with Gasteiger partial charge in [0.25, 0.3) is 0 Å². The minimum absolute atomic E-state index is 0.107. The molecule has 0 aromatic rings. The molecule has 1 saturated carbocycles. The SMILES string of the molecule is CC(C)(C)[C@H](N)C(=O)N1CC2C(C)(C)C2([C@H](C[C@H]2CCNC2=O)C(N)=O)C1C(N)=O. The standard InChI is InChI=1S/C21H35N5O4/c1-19(2,3)13(22)18(30)26-9-12-20(4,5)21(12,14(26)16(24)28)11(15(23)27)8-10-6-7-25-17(10)29/h10-14H,6-9,22H2,1-5H3,(H2,23,27)(H2,24,28)(H,25,29)/t10-,11-,12?,13-,14?,21?/m1/s1. The molecule has 9 nitrogen and oxygen atoms in total. The first-order valence-electron chi connectivity index (χ1n) is 10.6. The second-order valence-electron chi connectivity index (χ2n) is 10.8. The lowest BCUT2D eigenvalue weighted by molar-refractivity contribution is -0.146. The van der Waals surface area contributed by atoms with Crippen molar-refractivity contribution in [3.05, 3.63) is 0 Å². The number of carbonyl (C=O) groups is 4. The van der Waals surface area contributed by atoms with Crippen LogP contribution in [0.5, 0.6) is 0 Å². The Labute approximate surface area is 177 Å². The molecule has 168 valence electrons. The molecule has 4 amide bonds. The van der Waals surface area contributed by atoms with Crippen LogP contribution in [-0.4, -0.2) is 53.7 Å². The minimum atomic E-state index is -0.986. The average molecular weight is 422 g/mol. The fourth-order valence-electron chi connectivity index (χ4n) is 6.16. The van der Waals surface area contributed by atoms with E-state index in [0.717, 1.165) is 0 Å². The number of likely N-dealkylation sites (tertiary alicyclic amines) is 1. The minimum Gasteiger partial charge on any atom is -0.369 e. The molecule has 6 atom stereocenters. The van der Waals surface area contributed by atoms with Crippen LogP contribution in [0.3, 0.4) is 0 Å². The number of amides is 4. The first kappa shape index (κ1) is 22.5. The van der Waals surface area contributed by atoms with Gasteiger partial charge in [0.2, 0.25) is 23.6 Å². The maximum absolute atomic E-state index is 13.2. The van der Waals surface area contributed by atoms with Gasteiger partial charge in [-0.05, 0) is 29.6 Å². The van der Waals surface area contributed by atoms with Crippen molar-refractivity contribution in [1.82, 2.24) is 10.2 Å². The second kappa shape index (κ2) is 6.93. The fraction of sp³-hybridized carbons (Fsp3) is 0.810. The Hall–Kier alpha value is -2.16. The highest BCUT2D eigenvalue weighted by Gasteiger charge is 2.83. The third-order valence-corrected chi connectivity index (χ3v) is 7.98. The van der Waals surface area contributed by atoms with Crippen LogP contribution in [0.15, 0.2) is 0 Å². The van der Waals surface area contributed by atoms with E-state index in [1.54, 1.807) is 0 Å². The van der Waals surface area contributed by atoms with Crippen LogP contribution in [0.4, 0.5) is 0 Å². The van der Waals surface area contributed by atoms with E-state index >= 15 is 0 Å². The van der Waals surface area contributed by atoms with Crippen LogP contribution >= 0.6 is 0 Å². The van der Waals surface area contributed by atoms with E-state index in [4.69, 9.17) is 17.2 Å². The summed E-state index contributed by atoms with van der Waals surface area (Å²) in [6.07, 6.45) is 0.862. The lowest BCUT2D eigenvalue weighted by Gasteiger charge is -2.40. The third kappa shape index (κ3) is 3.01. The van der Waals surface area contributed by atoms with Crippen molar-refractivity contribution < 1.29 is 19.2 Å². The number of nitrogens with one attached hydrogen (secondary N) is 1. The van der Waals surface area contributed by atoms with Crippen LogP contribution in [0, 0.1) is 34.0 Å². The van der Waals surface area contributed by atoms with Gasteiger partial charge in [-0.2, -0.15) is 0 Å². The summed E-state index contributed by atoms with van der Waals surface area (Å²) >= 11 is 0. The van der Waals surface area contributed by atoms with Crippen molar-refractivity contribution in [1.29, 1.82) is 0 Å². The molecular formula is C21H35N5O4. The molecule has 0 bridgehead atoms. The van der Waals surface area contributed by atoms with Crippen LogP contribution < -0.4 is 22.5 Å². The van der Waals surface area contributed by atoms with Crippen molar-refractivity contribution in [2.75, 3.05) is 13.1 Å². The molecule has 0 radical (unpaired) electrons. The Morgan fingerprint density at radius 2 is 1.83 bits per heavy atom. The number of nitrogens with zero attached hydrogens (tertiary/aromatic N) is 1. The topological polar surface area (TPSA) is 162 Å². The Kier molecular flexibility index (Phi) is 5.21. The maximum atomic E-state index is 13.2. The Morgan fingerprint density at radius 3 is 2.27 bits per heavy atom. The van der Waals surface area contributed by atoms with Crippen LogP contribution in [0.25, 0.3) is 0 Å². The molecule has 1 aliphatic carbocycles. The molecule has 7 N–H and O–H groups in total. The van der Waals surface area contributed by atoms with E-state index < -0.39 is 46.1 Å². The van der Waals surface area contributed by atoms with Gasteiger partial charge in [-0.15, -0.1) is 0 Å². The molecule has 2 heterocycles. The number of carbonyl (C=O) groups excluding carboxylic acids is 4. The monoisotopic (exact) mass is 421 g/mol. The molecule has 2 aliphatic heterocycles. The molecule has 3 unspecified atom stereocenters. The van der Waals surface area contributed by atoms with Gasteiger partial charge >= 0.3 is 0 Å². The summed E-state index contributed by atoms with van der Waals surface area (Å²) in [5.74, 6) is -2.90. The zero-order valence-electron chi connectivity index (χ0n) is 18.5. The maximum Gasteiger partial charge on any atom is 0.240 e. The average Bonchev–Trinajstić information content (AvgIpc) is 2.99. The molecule has 9 heteroatoms. The number of hydrogen-bond acceptors (Lipinski definition) is 5. The number of piperidine rings is 1. The summed E-state index contributed by atoms with van der Waals surface area (Å²) in [6, 6.07) is -1.80. The highest BCUT2D eigenvalue weighted by molar-refractivity contribution is 5.93. The lowest BCUT2D eigenvalue weighted by atomic mass is 9.71. The van der Waals surface area contributed by atoms with E-state index in [0.29, 0.717) is 19.5 Å². The number of fused-ring (bicyclic) bond motifs is 1. The lowest BCUT2D eigenvalue weighted by Crippen LogP contribution is -2.59. The molecule has 30 heavy (non-hydrogen) atoms. The van der Waals surface area contributed by atoms with E-state index in [1.165, 1.54) is 4.90 Å². The van der Waals surface area contributed by atoms with E-state index in [2.05, 4.69) is 5.32 Å². The number of nitrogens with two attached hydrogens (primary N) is 3. The highest BCUT2D eigenvalue weighted by atomic mass is 16.2. The summed E-state index contributed by atoms with van der Waals surface area (Å²) in [7, 11) is 0. The summed E-state index contributed by atoms with van der Waals surface area (Å²) in [6.45, 7) is 10.4. The summed E-state index contributed by atoms with van der Waals surface area (Å²) in [4.78, 5) is 52.2. The first-order valence-corrected chi connectivity index (χ1v) is 10.6. The molecule has 3 aliphatic rings. The van der Waals surface area contributed by atoms with Crippen molar-refractivity contribution in [2.24, 2.45) is 51.2 Å². The fourth-order valence-corrected chi connectivity index (χ4v) is 6.16. The zero-order chi connectivity index (χ0) is 22.8. The summed E-state index contributed by atoms with van der Waals surface area (Å²) in [5, 5.41) is 2.78. The Bertz CT molecular complexity index is 789. The normalized spacial score (nSPS) is 34.1. The Balaban J connectivity index is 2.01. The largest absolute Gasteiger partial charge is 0.369 e. The van der Waals surface area contributed by atoms with Crippen LogP contribution in [0.1, 0.15) is 47.5 Å². The molecule has 2 saturated heterocycles. The van der Waals surface area contributed by atoms with Gasteiger partial charge < -0.3 is 27.4 Å². The van der Waals surface area contributed by atoms with Gasteiger partial charge in [0.1, 0.15) is 6.04 Å². The van der Waals surface area contributed by atoms with Gasteiger partial charge in [0.05, 0.1) is 6.04 Å². The predicted octanol–water partition coefficient (Wildman–Crippen LogP) is -0.674. The molecule has 0 spiro atoms. The molecule has 0 aromatic heterocycles. The Morgan fingerprint density at radius 1 is 1.23 bits per heavy atom. The molecule has 0 aromatic carbocycles. The van der Waals surface area contributed by atoms with Gasteiger partial charge in [-0.25, -0.2) is 0 Å². The van der Waals surface area contributed by atoms with E-state index in [1.807, 2.05) is 34.6 Å². The third-order valence-electron chi connectivity index (χ3n) is 7.98. The van der Waals surface area contributed by atoms with Gasteiger partial charge in [0.15, 0.2) is 0 Å². The smallest absolute Gasteiger partial charge is 0.240 e. The first-order chi connectivity index (χ1) is 13.7. The van der Waals surface area contributed by atoms with Crippen molar-refractivity contribution in [3.8, 4) is 0 Å². The van der Waals surface area contributed by atoms with Gasteiger partial charge in [-0.1, -0.05) is 34.6 Å². The van der Waals surface area contributed by atoms with Crippen molar-refractivity contribution in [2.45, 2.75) is 59.5 Å². The summed E-state index contributed by atoms with van der Waals surface area (Å²) in [5.41, 5.74) is 16.1. The van der Waals surface area contributed by atoms with Gasteiger partial charge in [0, 0.05) is 30.3 Å². The number of hydrogen-bond donors (Lipinski definition) is 4. The van der Waals surface area contributed by atoms with Crippen LogP contribution in [0.2, 0.25) is 0 Å². The predicted molar refractivity (Wildman–Crippen MR) is 110 cm³/mol. The van der Waals surface area contributed by atoms with Crippen LogP contribution in [-0.2, 0) is 19.2 Å². The van der Waals surface area contributed by atoms with Gasteiger partial charge in [-0.3, -0.25) is 19.2 Å². The molecule has 3 rings (SSSR count).